The molecule has 0 aliphatic heterocycles. The summed E-state index contributed by atoms with van der Waals surface area (Å²) in [7, 11) is -3.22. The fourth-order valence-corrected chi connectivity index (χ4v) is 5.99. The summed E-state index contributed by atoms with van der Waals surface area (Å²) in [6, 6.07) is 8.92. The van der Waals surface area contributed by atoms with E-state index in [1.165, 1.54) is 24.8 Å². The normalized spacial score (nSPS) is 27.8. The van der Waals surface area contributed by atoms with Gasteiger partial charge in [0.1, 0.15) is 0 Å². The molecule has 120 valence electrons. The Bertz CT molecular complexity index is 656. The Morgan fingerprint density at radius 3 is 2.59 bits per heavy atom. The lowest BCUT2D eigenvalue weighted by Crippen LogP contribution is -2.39. The lowest BCUT2D eigenvalue weighted by Gasteiger charge is -2.45. The average Bonchev–Trinajstić information content (AvgIpc) is 2.51. The Hall–Kier alpha value is -1.09. The first kappa shape index (κ1) is 15.8. The second-order valence-corrected chi connectivity index (χ2v) is 9.54. The monoisotopic (exact) mass is 318 g/mol. The van der Waals surface area contributed by atoms with E-state index in [4.69, 9.17) is 0 Å². The van der Waals surface area contributed by atoms with Gasteiger partial charge in [-0.05, 0) is 61.5 Å². The van der Waals surface area contributed by atoms with Crippen molar-refractivity contribution in [3.8, 4) is 0 Å². The van der Waals surface area contributed by atoms with Gasteiger partial charge in [-0.3, -0.25) is 0 Å². The van der Waals surface area contributed by atoms with E-state index >= 15 is 0 Å². The highest BCUT2D eigenvalue weighted by Crippen LogP contribution is 2.50. The summed E-state index contributed by atoms with van der Waals surface area (Å²) in [6.45, 7) is 4.48. The van der Waals surface area contributed by atoms with E-state index in [1.54, 1.807) is 12.1 Å². The third-order valence-corrected chi connectivity index (χ3v) is 7.34. The summed E-state index contributed by atoms with van der Waals surface area (Å²) >= 11 is 0. The molecule has 2 aliphatic carbocycles. The van der Waals surface area contributed by atoms with Crippen molar-refractivity contribution in [3.05, 3.63) is 42.0 Å². The molecule has 22 heavy (non-hydrogen) atoms. The van der Waals surface area contributed by atoms with Crippen LogP contribution >= 0.6 is 0 Å². The molecule has 0 unspecified atom stereocenters. The van der Waals surface area contributed by atoms with Gasteiger partial charge in [0, 0.05) is 0 Å². The highest BCUT2D eigenvalue weighted by Gasteiger charge is 2.42. The van der Waals surface area contributed by atoms with Crippen molar-refractivity contribution in [1.82, 2.24) is 0 Å². The average molecular weight is 318 g/mol. The van der Waals surface area contributed by atoms with E-state index in [9.17, 15) is 8.42 Å². The summed E-state index contributed by atoms with van der Waals surface area (Å²) in [6.07, 6.45) is 8.31. The molecule has 0 bridgehead atoms. The van der Waals surface area contributed by atoms with Crippen LogP contribution in [0.4, 0.5) is 0 Å². The van der Waals surface area contributed by atoms with Gasteiger partial charge >= 0.3 is 0 Å². The lowest BCUT2D eigenvalue weighted by molar-refractivity contribution is 0.165. The van der Waals surface area contributed by atoms with Crippen LogP contribution < -0.4 is 0 Å². The Balaban J connectivity index is 1.92. The largest absolute Gasteiger partial charge is 0.224 e. The third-order valence-electron chi connectivity index (χ3n) is 5.58. The quantitative estimate of drug-likeness (QED) is 0.762. The zero-order valence-electron chi connectivity index (χ0n) is 13.6. The topological polar surface area (TPSA) is 34.1 Å². The molecule has 2 aliphatic rings. The molecule has 0 N–H and O–H groups in total. The predicted molar refractivity (Wildman–Crippen MR) is 90.4 cm³/mol. The van der Waals surface area contributed by atoms with Crippen molar-refractivity contribution in [2.45, 2.75) is 50.8 Å². The van der Waals surface area contributed by atoms with Gasteiger partial charge in [-0.1, -0.05) is 43.7 Å². The van der Waals surface area contributed by atoms with E-state index in [2.05, 4.69) is 19.9 Å². The molecule has 0 aromatic heterocycles. The van der Waals surface area contributed by atoms with Crippen LogP contribution in [-0.4, -0.2) is 14.2 Å². The second-order valence-electron chi connectivity index (χ2n) is 7.51. The molecule has 0 spiro atoms. The minimum absolute atomic E-state index is 0.0710. The number of fused-ring (bicyclic) bond motifs is 1. The van der Waals surface area contributed by atoms with E-state index in [1.807, 2.05) is 18.2 Å². The smallest absolute Gasteiger partial charge is 0.178 e. The SMILES string of the molecule is CC1(C)CC[C@@H]2CCCC=C2[C@H]1CS(=O)(=O)c1ccccc1. The van der Waals surface area contributed by atoms with Crippen LogP contribution in [0.15, 0.2) is 46.9 Å². The van der Waals surface area contributed by atoms with Gasteiger partial charge in [0.15, 0.2) is 9.84 Å². The van der Waals surface area contributed by atoms with Crippen LogP contribution in [0.3, 0.4) is 0 Å². The van der Waals surface area contributed by atoms with Crippen LogP contribution in [0.2, 0.25) is 0 Å². The van der Waals surface area contributed by atoms with Crippen molar-refractivity contribution in [2.75, 3.05) is 5.75 Å². The molecule has 0 heterocycles. The molecule has 2 nitrogen and oxygen atoms in total. The highest BCUT2D eigenvalue weighted by atomic mass is 32.2. The Kier molecular flexibility index (Phi) is 4.19. The second kappa shape index (κ2) is 5.84. The number of hydrogen-bond acceptors (Lipinski definition) is 2. The summed E-state index contributed by atoms with van der Waals surface area (Å²) in [5, 5.41) is 0. The maximum absolute atomic E-state index is 12.8. The van der Waals surface area contributed by atoms with Crippen molar-refractivity contribution in [1.29, 1.82) is 0 Å². The van der Waals surface area contributed by atoms with Crippen molar-refractivity contribution in [2.24, 2.45) is 17.3 Å². The number of allylic oxidation sites excluding steroid dienone is 2. The van der Waals surface area contributed by atoms with Crippen LogP contribution in [-0.2, 0) is 9.84 Å². The molecule has 1 aromatic carbocycles. The number of rotatable bonds is 3. The van der Waals surface area contributed by atoms with Crippen LogP contribution in [0.25, 0.3) is 0 Å². The molecule has 3 rings (SSSR count). The Morgan fingerprint density at radius 1 is 1.14 bits per heavy atom. The Morgan fingerprint density at radius 2 is 1.86 bits per heavy atom. The molecule has 2 atom stereocenters. The third kappa shape index (κ3) is 3.01. The van der Waals surface area contributed by atoms with Gasteiger partial charge in [-0.2, -0.15) is 0 Å². The van der Waals surface area contributed by atoms with Gasteiger partial charge in [0.2, 0.25) is 0 Å². The number of sulfone groups is 1. The van der Waals surface area contributed by atoms with E-state index in [0.29, 0.717) is 10.8 Å². The first-order valence-electron chi connectivity index (χ1n) is 8.38. The lowest BCUT2D eigenvalue weighted by atomic mass is 9.61. The minimum Gasteiger partial charge on any atom is -0.224 e. The summed E-state index contributed by atoms with van der Waals surface area (Å²) in [5.74, 6) is 1.04. The highest BCUT2D eigenvalue weighted by molar-refractivity contribution is 7.91. The van der Waals surface area contributed by atoms with Crippen LogP contribution in [0.1, 0.15) is 46.0 Å². The van der Waals surface area contributed by atoms with Gasteiger partial charge in [-0.25, -0.2) is 8.42 Å². The molecule has 1 saturated carbocycles. The zero-order valence-corrected chi connectivity index (χ0v) is 14.4. The number of benzene rings is 1. The standard InChI is InChI=1S/C19H26O2S/c1-19(2)13-12-15-8-6-7-11-17(15)18(19)14-22(20,21)16-9-4-3-5-10-16/h3-5,9-11,15,18H,6-8,12-14H2,1-2H3/t15-,18+/m0/s1. The van der Waals surface area contributed by atoms with Gasteiger partial charge in [-0.15, -0.1) is 0 Å². The maximum atomic E-state index is 12.8. The predicted octanol–water partition coefficient (Wildman–Crippen LogP) is 4.62. The molecular formula is C19H26O2S. The number of hydrogen-bond donors (Lipinski definition) is 0. The summed E-state index contributed by atoms with van der Waals surface area (Å²) in [4.78, 5) is 0.462. The molecular weight excluding hydrogens is 292 g/mol. The fourth-order valence-electron chi connectivity index (χ4n) is 4.14. The Labute approximate surface area is 134 Å². The van der Waals surface area contributed by atoms with E-state index in [-0.39, 0.29) is 17.1 Å². The van der Waals surface area contributed by atoms with Gasteiger partial charge in [0.05, 0.1) is 10.6 Å². The van der Waals surface area contributed by atoms with Gasteiger partial charge in [0.25, 0.3) is 0 Å². The molecule has 3 heteroatoms. The molecule has 0 radical (unpaired) electrons. The van der Waals surface area contributed by atoms with Crippen LogP contribution in [0.5, 0.6) is 0 Å². The maximum Gasteiger partial charge on any atom is 0.178 e. The van der Waals surface area contributed by atoms with Gasteiger partial charge < -0.3 is 0 Å². The first-order chi connectivity index (χ1) is 10.4. The summed E-state index contributed by atoms with van der Waals surface area (Å²) in [5.41, 5.74) is 1.50. The molecule has 1 aromatic rings. The van der Waals surface area contributed by atoms with Crippen molar-refractivity contribution < 1.29 is 8.42 Å². The minimum atomic E-state index is -3.22. The first-order valence-corrected chi connectivity index (χ1v) is 10.0. The van der Waals surface area contributed by atoms with Crippen molar-refractivity contribution >= 4 is 9.84 Å². The molecule has 1 fully saturated rings. The fraction of sp³-hybridized carbons (Fsp3) is 0.579. The zero-order chi connectivity index (χ0) is 15.8. The summed E-state index contributed by atoms with van der Waals surface area (Å²) < 4.78 is 25.7. The van der Waals surface area contributed by atoms with Crippen molar-refractivity contribution in [3.63, 3.8) is 0 Å². The van der Waals surface area contributed by atoms with Crippen LogP contribution in [0, 0.1) is 17.3 Å². The van der Waals surface area contributed by atoms with E-state index in [0.717, 1.165) is 12.8 Å². The van der Waals surface area contributed by atoms with E-state index < -0.39 is 9.84 Å². The molecule has 0 saturated heterocycles. The molecule has 0 amide bonds.